The lowest BCUT2D eigenvalue weighted by Gasteiger charge is -2.20. The van der Waals surface area contributed by atoms with Gasteiger partial charge >= 0.3 is 11.9 Å². The number of benzene rings is 1. The molecule has 1 atom stereocenters. The van der Waals surface area contributed by atoms with E-state index in [1.165, 1.54) is 0 Å². The number of hydrogen-bond donors (Lipinski definition) is 0. The van der Waals surface area contributed by atoms with Crippen LogP contribution in [0.5, 0.6) is 0 Å². The molecular weight excluding hydrogens is 304 g/mol. The summed E-state index contributed by atoms with van der Waals surface area (Å²) in [6, 6.07) is 9.44. The van der Waals surface area contributed by atoms with Gasteiger partial charge in [-0.3, -0.25) is 9.59 Å². The van der Waals surface area contributed by atoms with Gasteiger partial charge in [-0.1, -0.05) is 48.9 Å². The summed E-state index contributed by atoms with van der Waals surface area (Å²) in [6.45, 7) is 5.47. The fourth-order valence-corrected chi connectivity index (χ4v) is 2.22. The number of halogens is 1. The maximum absolute atomic E-state index is 12.0. The lowest BCUT2D eigenvalue weighted by atomic mass is 9.92. The van der Waals surface area contributed by atoms with E-state index in [-0.39, 0.29) is 13.2 Å². The molecule has 0 aliphatic heterocycles. The maximum Gasteiger partial charge on any atom is 0.320 e. The van der Waals surface area contributed by atoms with Crippen molar-refractivity contribution in [1.29, 1.82) is 0 Å². The molecule has 0 amide bonds. The second-order valence-electron chi connectivity index (χ2n) is 4.71. The molecule has 4 nitrogen and oxygen atoms in total. The van der Waals surface area contributed by atoms with Gasteiger partial charge in [0.1, 0.15) is 0 Å². The minimum atomic E-state index is -1.06. The molecule has 120 valence electrons. The lowest BCUT2D eigenvalue weighted by molar-refractivity contribution is -0.163. The molecule has 0 N–H and O–H groups in total. The van der Waals surface area contributed by atoms with Crippen molar-refractivity contribution in [2.45, 2.75) is 20.8 Å². The summed E-state index contributed by atoms with van der Waals surface area (Å²) in [4.78, 5) is 24.1. The molecule has 0 fully saturated rings. The molecule has 0 radical (unpaired) electrons. The van der Waals surface area contributed by atoms with Gasteiger partial charge in [0.15, 0.2) is 5.92 Å². The van der Waals surface area contributed by atoms with E-state index >= 15 is 0 Å². The van der Waals surface area contributed by atoms with E-state index in [4.69, 9.17) is 21.1 Å². The Bertz CT molecular complexity index is 507. The highest BCUT2D eigenvalue weighted by atomic mass is 35.5. The maximum atomic E-state index is 12.0. The van der Waals surface area contributed by atoms with Crippen molar-refractivity contribution in [1.82, 2.24) is 0 Å². The SMILES string of the molecule is CCOC(=O)C(C(=O)OCC)C(C)/C(Cl)=C/c1ccccc1. The van der Waals surface area contributed by atoms with E-state index in [1.54, 1.807) is 26.8 Å². The number of hydrogen-bond acceptors (Lipinski definition) is 4. The van der Waals surface area contributed by atoms with Crippen molar-refractivity contribution >= 4 is 29.6 Å². The Kier molecular flexibility index (Phi) is 7.67. The van der Waals surface area contributed by atoms with Gasteiger partial charge in [0.25, 0.3) is 0 Å². The summed E-state index contributed by atoms with van der Waals surface area (Å²) in [7, 11) is 0. The van der Waals surface area contributed by atoms with Crippen LogP contribution >= 0.6 is 11.6 Å². The first-order valence-corrected chi connectivity index (χ1v) is 7.64. The molecule has 0 aliphatic rings. The van der Waals surface area contributed by atoms with Crippen LogP contribution in [0.25, 0.3) is 6.08 Å². The molecule has 22 heavy (non-hydrogen) atoms. The molecule has 1 rings (SSSR count). The zero-order valence-corrected chi connectivity index (χ0v) is 13.8. The van der Waals surface area contributed by atoms with Gasteiger partial charge in [-0.05, 0) is 25.5 Å². The number of carbonyl (C=O) groups excluding carboxylic acids is 2. The average Bonchev–Trinajstić information content (AvgIpc) is 2.49. The van der Waals surface area contributed by atoms with Gasteiger partial charge in [-0.25, -0.2) is 0 Å². The quantitative estimate of drug-likeness (QED) is 0.567. The minimum absolute atomic E-state index is 0.196. The van der Waals surface area contributed by atoms with Crippen LogP contribution in [0.3, 0.4) is 0 Å². The molecule has 0 heterocycles. The molecule has 5 heteroatoms. The van der Waals surface area contributed by atoms with Crippen molar-refractivity contribution in [2.24, 2.45) is 11.8 Å². The van der Waals surface area contributed by atoms with Crippen molar-refractivity contribution < 1.29 is 19.1 Å². The van der Waals surface area contributed by atoms with Crippen molar-refractivity contribution in [3.05, 3.63) is 40.9 Å². The first kappa shape index (κ1) is 18.2. The number of allylic oxidation sites excluding steroid dienone is 1. The summed E-state index contributed by atoms with van der Waals surface area (Å²) in [5.74, 6) is -2.83. The number of rotatable bonds is 7. The summed E-state index contributed by atoms with van der Waals surface area (Å²) < 4.78 is 9.93. The highest BCUT2D eigenvalue weighted by molar-refractivity contribution is 6.32. The van der Waals surface area contributed by atoms with Gasteiger partial charge in [-0.2, -0.15) is 0 Å². The van der Waals surface area contributed by atoms with Crippen LogP contribution in [0.2, 0.25) is 0 Å². The lowest BCUT2D eigenvalue weighted by Crippen LogP contribution is -2.33. The number of ether oxygens (including phenoxy) is 2. The third-order valence-electron chi connectivity index (χ3n) is 3.12. The second kappa shape index (κ2) is 9.26. The molecule has 1 unspecified atom stereocenters. The molecular formula is C17H21ClO4. The molecule has 0 saturated heterocycles. The van der Waals surface area contributed by atoms with Gasteiger partial charge in [-0.15, -0.1) is 0 Å². The Morgan fingerprint density at radius 1 is 1.09 bits per heavy atom. The normalized spacial score (nSPS) is 12.9. The van der Waals surface area contributed by atoms with E-state index in [1.807, 2.05) is 30.3 Å². The Labute approximate surface area is 136 Å². The highest BCUT2D eigenvalue weighted by Crippen LogP contribution is 2.28. The summed E-state index contributed by atoms with van der Waals surface area (Å²) >= 11 is 6.29. The largest absolute Gasteiger partial charge is 0.465 e. The molecule has 0 bridgehead atoms. The predicted molar refractivity (Wildman–Crippen MR) is 86.2 cm³/mol. The van der Waals surface area contributed by atoms with E-state index in [0.29, 0.717) is 5.03 Å². The minimum Gasteiger partial charge on any atom is -0.465 e. The Balaban J connectivity index is 2.99. The van der Waals surface area contributed by atoms with E-state index in [0.717, 1.165) is 5.56 Å². The molecule has 1 aromatic carbocycles. The Hall–Kier alpha value is -1.81. The van der Waals surface area contributed by atoms with Crippen LogP contribution in [-0.2, 0) is 19.1 Å². The van der Waals surface area contributed by atoms with Crippen molar-refractivity contribution in [3.63, 3.8) is 0 Å². The zero-order valence-electron chi connectivity index (χ0n) is 13.0. The molecule has 0 spiro atoms. The topological polar surface area (TPSA) is 52.6 Å². The zero-order chi connectivity index (χ0) is 16.5. The standard InChI is InChI=1S/C17H21ClO4/c1-4-21-16(19)15(17(20)22-5-2)12(3)14(18)11-13-9-7-6-8-10-13/h6-12,15H,4-5H2,1-3H3/b14-11-. The highest BCUT2D eigenvalue weighted by Gasteiger charge is 2.36. The number of carbonyl (C=O) groups is 2. The fourth-order valence-electron chi connectivity index (χ4n) is 1.97. The summed E-state index contributed by atoms with van der Waals surface area (Å²) in [5, 5.41) is 0.400. The Morgan fingerprint density at radius 3 is 2.05 bits per heavy atom. The monoisotopic (exact) mass is 324 g/mol. The molecule has 0 aliphatic carbocycles. The molecule has 1 aromatic rings. The predicted octanol–water partition coefficient (Wildman–Crippen LogP) is 3.64. The van der Waals surface area contributed by atoms with E-state index in [9.17, 15) is 9.59 Å². The Morgan fingerprint density at radius 2 is 1.59 bits per heavy atom. The van der Waals surface area contributed by atoms with Crippen LogP contribution in [0, 0.1) is 11.8 Å². The number of esters is 2. The van der Waals surface area contributed by atoms with Gasteiger partial charge in [0.2, 0.25) is 0 Å². The van der Waals surface area contributed by atoms with Crippen molar-refractivity contribution in [3.8, 4) is 0 Å². The first-order valence-electron chi connectivity index (χ1n) is 7.26. The van der Waals surface area contributed by atoms with Crippen molar-refractivity contribution in [2.75, 3.05) is 13.2 Å². The second-order valence-corrected chi connectivity index (χ2v) is 5.15. The average molecular weight is 325 g/mol. The molecule has 0 saturated carbocycles. The summed E-state index contributed by atoms with van der Waals surface area (Å²) in [5.41, 5.74) is 0.894. The van der Waals surface area contributed by atoms with E-state index < -0.39 is 23.8 Å². The first-order chi connectivity index (χ1) is 10.5. The van der Waals surface area contributed by atoms with Crippen LogP contribution < -0.4 is 0 Å². The van der Waals surface area contributed by atoms with E-state index in [2.05, 4.69) is 0 Å². The van der Waals surface area contributed by atoms with Crippen LogP contribution in [0.15, 0.2) is 35.4 Å². The molecule has 0 aromatic heterocycles. The fraction of sp³-hybridized carbons (Fsp3) is 0.412. The van der Waals surface area contributed by atoms with Crippen LogP contribution in [0.4, 0.5) is 0 Å². The summed E-state index contributed by atoms with van der Waals surface area (Å²) in [6.07, 6.45) is 1.73. The van der Waals surface area contributed by atoms with Gasteiger partial charge in [0, 0.05) is 11.0 Å². The smallest absolute Gasteiger partial charge is 0.320 e. The third kappa shape index (κ3) is 5.19. The van der Waals surface area contributed by atoms with Gasteiger partial charge < -0.3 is 9.47 Å². The van der Waals surface area contributed by atoms with Crippen LogP contribution in [0.1, 0.15) is 26.3 Å². The third-order valence-corrected chi connectivity index (χ3v) is 3.57. The van der Waals surface area contributed by atoms with Gasteiger partial charge in [0.05, 0.1) is 13.2 Å². The van der Waals surface area contributed by atoms with Crippen LogP contribution in [-0.4, -0.2) is 25.2 Å².